The van der Waals surface area contributed by atoms with E-state index in [1.165, 1.54) is 12.1 Å². The van der Waals surface area contributed by atoms with Crippen LogP contribution in [0.3, 0.4) is 0 Å². The number of halogens is 1. The molecule has 1 saturated carbocycles. The topological polar surface area (TPSA) is 83.6 Å². The maximum Gasteiger partial charge on any atom is 0.321 e. The Labute approximate surface area is 91.5 Å². The summed E-state index contributed by atoms with van der Waals surface area (Å²) in [6, 6.07) is 2.61. The first kappa shape index (κ1) is 10.9. The molecule has 1 aliphatic rings. The second-order valence-corrected chi connectivity index (χ2v) is 4.14. The van der Waals surface area contributed by atoms with Gasteiger partial charge in [0.05, 0.1) is 0 Å². The average Bonchev–Trinajstić information content (AvgIpc) is 2.97. The van der Waals surface area contributed by atoms with Crippen molar-refractivity contribution in [2.24, 2.45) is 5.73 Å². The van der Waals surface area contributed by atoms with Gasteiger partial charge in [-0.25, -0.2) is 4.39 Å². The molecule has 1 aromatic carbocycles. The second-order valence-electron chi connectivity index (χ2n) is 4.14. The van der Waals surface area contributed by atoms with Crippen LogP contribution in [0.4, 0.5) is 4.39 Å². The monoisotopic (exact) mass is 225 g/mol. The summed E-state index contributed by atoms with van der Waals surface area (Å²) in [6.07, 6.45) is 1.12. The van der Waals surface area contributed by atoms with Gasteiger partial charge in [-0.2, -0.15) is 0 Å². The number of carboxylic acid groups (broad SMARTS) is 1. The number of rotatable bonds is 3. The maximum absolute atomic E-state index is 13.6. The summed E-state index contributed by atoms with van der Waals surface area (Å²) < 4.78 is 13.6. The zero-order valence-corrected chi connectivity index (χ0v) is 8.48. The van der Waals surface area contributed by atoms with E-state index in [1.807, 2.05) is 0 Å². The average molecular weight is 225 g/mol. The molecule has 0 aromatic heterocycles. The van der Waals surface area contributed by atoms with Gasteiger partial charge in [-0.3, -0.25) is 4.79 Å². The molecule has 86 valence electrons. The van der Waals surface area contributed by atoms with E-state index in [4.69, 9.17) is 15.9 Å². The van der Waals surface area contributed by atoms with Crippen LogP contribution >= 0.6 is 0 Å². The Bertz CT molecular complexity index is 443. The minimum Gasteiger partial charge on any atom is -0.508 e. The van der Waals surface area contributed by atoms with Gasteiger partial charge in [0.1, 0.15) is 17.6 Å². The molecular formula is C11H12FNO3. The van der Waals surface area contributed by atoms with Crippen LogP contribution in [0.2, 0.25) is 0 Å². The van der Waals surface area contributed by atoms with Gasteiger partial charge in [0.25, 0.3) is 0 Å². The molecule has 1 aromatic rings. The van der Waals surface area contributed by atoms with Crippen molar-refractivity contribution in [2.45, 2.75) is 24.3 Å². The van der Waals surface area contributed by atoms with Gasteiger partial charge < -0.3 is 15.9 Å². The van der Waals surface area contributed by atoms with Crippen LogP contribution in [0.1, 0.15) is 18.4 Å². The Balaban J connectivity index is 2.40. The van der Waals surface area contributed by atoms with E-state index in [-0.39, 0.29) is 11.3 Å². The first-order valence-electron chi connectivity index (χ1n) is 4.95. The number of nitrogens with two attached hydrogens (primary N) is 1. The number of carboxylic acids is 1. The number of aliphatic carboxylic acids is 1. The van der Waals surface area contributed by atoms with Crippen LogP contribution in [-0.2, 0) is 10.2 Å². The lowest BCUT2D eigenvalue weighted by Crippen LogP contribution is -2.42. The van der Waals surface area contributed by atoms with Crippen molar-refractivity contribution in [2.75, 3.05) is 0 Å². The fraction of sp³-hybridized carbons (Fsp3) is 0.364. The lowest BCUT2D eigenvalue weighted by atomic mass is 9.88. The van der Waals surface area contributed by atoms with Crippen molar-refractivity contribution >= 4 is 5.97 Å². The Hall–Kier alpha value is -1.62. The molecule has 1 aliphatic carbocycles. The molecule has 4 N–H and O–H groups in total. The first-order valence-corrected chi connectivity index (χ1v) is 4.95. The number of phenols is 1. The van der Waals surface area contributed by atoms with Gasteiger partial charge in [-0.05, 0) is 24.5 Å². The van der Waals surface area contributed by atoms with E-state index in [0.29, 0.717) is 12.8 Å². The quantitative estimate of drug-likeness (QED) is 0.715. The third-order valence-corrected chi connectivity index (χ3v) is 3.14. The highest BCUT2D eigenvalue weighted by atomic mass is 19.1. The molecule has 1 fully saturated rings. The Kier molecular flexibility index (Phi) is 2.35. The molecule has 0 spiro atoms. The SMILES string of the molecule is NC(C(=O)O)C1(c2ccc(O)cc2F)CC1. The van der Waals surface area contributed by atoms with E-state index in [1.54, 1.807) is 0 Å². The zero-order chi connectivity index (χ0) is 11.9. The number of phenolic OH excluding ortho intramolecular Hbond substituents is 1. The highest BCUT2D eigenvalue weighted by molar-refractivity contribution is 5.77. The van der Waals surface area contributed by atoms with Gasteiger partial charge in [0.15, 0.2) is 0 Å². The van der Waals surface area contributed by atoms with E-state index in [9.17, 15) is 9.18 Å². The lowest BCUT2D eigenvalue weighted by molar-refractivity contribution is -0.139. The number of aromatic hydroxyl groups is 1. The highest BCUT2D eigenvalue weighted by Gasteiger charge is 2.53. The summed E-state index contributed by atoms with van der Waals surface area (Å²) in [5.41, 5.74) is 5.04. The highest BCUT2D eigenvalue weighted by Crippen LogP contribution is 2.51. The molecule has 5 heteroatoms. The van der Waals surface area contributed by atoms with E-state index in [0.717, 1.165) is 6.07 Å². The van der Waals surface area contributed by atoms with Crippen LogP contribution in [0.25, 0.3) is 0 Å². The largest absolute Gasteiger partial charge is 0.508 e. The van der Waals surface area contributed by atoms with Gasteiger partial charge in [-0.1, -0.05) is 6.07 Å². The smallest absolute Gasteiger partial charge is 0.321 e. The third kappa shape index (κ3) is 1.53. The van der Waals surface area contributed by atoms with Crippen molar-refractivity contribution in [3.05, 3.63) is 29.6 Å². The Morgan fingerprint density at radius 3 is 2.56 bits per heavy atom. The summed E-state index contributed by atoms with van der Waals surface area (Å²) in [5, 5.41) is 18.0. The molecule has 1 atom stereocenters. The summed E-state index contributed by atoms with van der Waals surface area (Å²) >= 11 is 0. The lowest BCUT2D eigenvalue weighted by Gasteiger charge is -2.20. The third-order valence-electron chi connectivity index (χ3n) is 3.14. The number of hydrogen-bond donors (Lipinski definition) is 3. The summed E-state index contributed by atoms with van der Waals surface area (Å²) in [4.78, 5) is 10.8. The minimum atomic E-state index is -1.13. The predicted molar refractivity (Wildman–Crippen MR) is 54.6 cm³/mol. The molecule has 0 aliphatic heterocycles. The molecule has 1 unspecified atom stereocenters. The summed E-state index contributed by atoms with van der Waals surface area (Å²) in [5.74, 6) is -1.92. The number of carbonyl (C=O) groups is 1. The van der Waals surface area contributed by atoms with Gasteiger partial charge in [-0.15, -0.1) is 0 Å². The van der Waals surface area contributed by atoms with E-state index < -0.39 is 23.2 Å². The van der Waals surface area contributed by atoms with Crippen molar-refractivity contribution in [1.29, 1.82) is 0 Å². The fourth-order valence-corrected chi connectivity index (χ4v) is 2.03. The van der Waals surface area contributed by atoms with Crippen LogP contribution < -0.4 is 5.73 Å². The molecule has 2 rings (SSSR count). The van der Waals surface area contributed by atoms with Crippen LogP contribution in [0.15, 0.2) is 18.2 Å². The molecule has 0 amide bonds. The first-order chi connectivity index (χ1) is 7.47. The van der Waals surface area contributed by atoms with Crippen molar-refractivity contribution in [3.63, 3.8) is 0 Å². The van der Waals surface area contributed by atoms with Gasteiger partial charge >= 0.3 is 5.97 Å². The van der Waals surface area contributed by atoms with Crippen LogP contribution in [0, 0.1) is 5.82 Å². The van der Waals surface area contributed by atoms with Crippen LogP contribution in [0.5, 0.6) is 5.75 Å². The van der Waals surface area contributed by atoms with Gasteiger partial charge in [0, 0.05) is 11.5 Å². The van der Waals surface area contributed by atoms with E-state index >= 15 is 0 Å². The molecule has 0 heterocycles. The van der Waals surface area contributed by atoms with Crippen LogP contribution in [-0.4, -0.2) is 22.2 Å². The maximum atomic E-state index is 13.6. The standard InChI is InChI=1S/C11H12FNO3/c12-8-5-6(14)1-2-7(8)11(3-4-11)9(13)10(15)16/h1-2,5,9,14H,3-4,13H2,(H,15,16). The summed E-state index contributed by atoms with van der Waals surface area (Å²) in [6.45, 7) is 0. The normalized spacial score (nSPS) is 19.1. The zero-order valence-electron chi connectivity index (χ0n) is 8.48. The Morgan fingerprint density at radius 2 is 2.12 bits per heavy atom. The van der Waals surface area contributed by atoms with Crippen molar-refractivity contribution in [1.82, 2.24) is 0 Å². The fourth-order valence-electron chi connectivity index (χ4n) is 2.03. The number of benzene rings is 1. The van der Waals surface area contributed by atoms with Crippen molar-refractivity contribution in [3.8, 4) is 5.75 Å². The molecule has 4 nitrogen and oxygen atoms in total. The van der Waals surface area contributed by atoms with Crippen molar-refractivity contribution < 1.29 is 19.4 Å². The summed E-state index contributed by atoms with van der Waals surface area (Å²) in [7, 11) is 0. The molecular weight excluding hydrogens is 213 g/mol. The van der Waals surface area contributed by atoms with Gasteiger partial charge in [0.2, 0.25) is 0 Å². The Morgan fingerprint density at radius 1 is 1.50 bits per heavy atom. The molecule has 16 heavy (non-hydrogen) atoms. The molecule has 0 bridgehead atoms. The second kappa shape index (κ2) is 3.45. The number of hydrogen-bond acceptors (Lipinski definition) is 3. The minimum absolute atomic E-state index is 0.180. The molecule has 0 radical (unpaired) electrons. The molecule has 0 saturated heterocycles. The predicted octanol–water partition coefficient (Wildman–Crippen LogP) is 0.975. The van der Waals surface area contributed by atoms with E-state index in [2.05, 4.69) is 0 Å².